The van der Waals surface area contributed by atoms with E-state index in [4.69, 9.17) is 4.74 Å². The van der Waals surface area contributed by atoms with E-state index in [9.17, 15) is 14.4 Å². The molecule has 13 heteroatoms. The van der Waals surface area contributed by atoms with Gasteiger partial charge in [0.15, 0.2) is 0 Å². The lowest BCUT2D eigenvalue weighted by molar-refractivity contribution is -0.177. The number of hydrogen-bond donors (Lipinski definition) is 0. The molecule has 0 N–H and O–H groups in total. The van der Waals surface area contributed by atoms with Crippen molar-refractivity contribution in [1.29, 1.82) is 0 Å². The predicted octanol–water partition coefficient (Wildman–Crippen LogP) is 2.86. The first-order chi connectivity index (χ1) is 14.5. The van der Waals surface area contributed by atoms with Crippen LogP contribution in [0.5, 0.6) is 0 Å². The van der Waals surface area contributed by atoms with Crippen LogP contribution in [0.4, 0.5) is 10.5 Å². The van der Waals surface area contributed by atoms with Crippen molar-refractivity contribution in [2.45, 2.75) is 19.4 Å². The summed E-state index contributed by atoms with van der Waals surface area (Å²) in [5, 5.41) is 12.5. The van der Waals surface area contributed by atoms with Crippen molar-refractivity contribution in [2.24, 2.45) is 15.4 Å². The van der Waals surface area contributed by atoms with E-state index >= 15 is 0 Å². The smallest absolute Gasteiger partial charge is 0.428 e. The Hall–Kier alpha value is -3.06. The zero-order valence-corrected chi connectivity index (χ0v) is 17.8. The van der Waals surface area contributed by atoms with Crippen LogP contribution in [-0.2, 0) is 25.8 Å². The van der Waals surface area contributed by atoms with Gasteiger partial charge < -0.3 is 4.74 Å². The molecule has 0 unspecified atom stereocenters. The third-order valence-corrected chi connectivity index (χ3v) is 5.24. The second-order valence-corrected chi connectivity index (χ2v) is 7.30. The second-order valence-electron chi connectivity index (χ2n) is 5.78. The fourth-order valence-electron chi connectivity index (χ4n) is 2.40. The molecule has 1 aromatic heterocycles. The van der Waals surface area contributed by atoms with Crippen LogP contribution in [0.2, 0.25) is 0 Å². The van der Waals surface area contributed by atoms with E-state index in [0.29, 0.717) is 21.9 Å². The average molecular weight is 451 g/mol. The van der Waals surface area contributed by atoms with Gasteiger partial charge in [0.05, 0.1) is 5.69 Å². The average Bonchev–Trinajstić information content (AvgIpc) is 3.30. The Balaban J connectivity index is 1.55. The summed E-state index contributed by atoms with van der Waals surface area (Å²) in [4.78, 5) is 39.1. The van der Waals surface area contributed by atoms with Crippen LogP contribution in [0.1, 0.15) is 18.4 Å². The van der Waals surface area contributed by atoms with Crippen molar-refractivity contribution in [3.8, 4) is 0 Å². The van der Waals surface area contributed by atoms with Crippen molar-refractivity contribution >= 4 is 47.6 Å². The summed E-state index contributed by atoms with van der Waals surface area (Å²) in [5.74, 6) is -1.13. The maximum atomic E-state index is 11.6. The maximum absolute atomic E-state index is 11.6. The van der Waals surface area contributed by atoms with Crippen LogP contribution in [0.3, 0.4) is 0 Å². The molecule has 0 bridgehead atoms. The molecule has 2 aromatic rings. The van der Waals surface area contributed by atoms with Crippen LogP contribution in [0, 0.1) is 0 Å². The number of rotatable bonds is 7. The summed E-state index contributed by atoms with van der Waals surface area (Å²) in [6.45, 7) is -0.0915. The van der Waals surface area contributed by atoms with Gasteiger partial charge in [0.1, 0.15) is 6.61 Å². The van der Waals surface area contributed by atoms with Gasteiger partial charge >= 0.3 is 6.16 Å². The molecular weight excluding hydrogens is 432 g/mol. The molecule has 2 amide bonds. The Morgan fingerprint density at radius 1 is 1.03 bits per heavy atom. The standard InChI is InChI=1S/C17H18N6O5S2/c1-29-21-9-10-22(30-2)16(21)19-20-18-13-5-3-12(4-6-13)11-27-17(26)28-23-14(24)7-8-15(23)25/h3-6,9-10H,7-8,11H2,1-2H3/b20-18+. The lowest BCUT2D eigenvalue weighted by atomic mass is 10.2. The topological polar surface area (TPSA) is 120 Å². The van der Waals surface area contributed by atoms with Gasteiger partial charge in [-0.15, -0.1) is 5.11 Å². The van der Waals surface area contributed by atoms with Crippen LogP contribution < -0.4 is 5.62 Å². The Kier molecular flexibility index (Phi) is 7.30. The van der Waals surface area contributed by atoms with E-state index in [0.717, 1.165) is 0 Å². The van der Waals surface area contributed by atoms with Gasteiger partial charge in [-0.1, -0.05) is 22.3 Å². The first kappa shape index (κ1) is 21.6. The van der Waals surface area contributed by atoms with E-state index in [1.165, 1.54) is 23.9 Å². The van der Waals surface area contributed by atoms with Crippen molar-refractivity contribution in [2.75, 3.05) is 12.5 Å². The van der Waals surface area contributed by atoms with Gasteiger partial charge in [0, 0.05) is 37.7 Å². The number of imide groups is 1. The minimum atomic E-state index is -1.12. The molecule has 0 radical (unpaired) electrons. The second kappa shape index (κ2) is 10.1. The van der Waals surface area contributed by atoms with Gasteiger partial charge in [0.25, 0.3) is 17.4 Å². The van der Waals surface area contributed by atoms with Gasteiger partial charge in [-0.25, -0.2) is 4.79 Å². The molecule has 0 spiro atoms. The molecule has 1 aromatic carbocycles. The summed E-state index contributed by atoms with van der Waals surface area (Å²) in [5.41, 5.74) is 1.87. The normalized spacial score (nSPS) is 13.9. The summed E-state index contributed by atoms with van der Waals surface area (Å²) in [7, 11) is 0. The number of hydrogen-bond acceptors (Lipinski definition) is 9. The lowest BCUT2D eigenvalue weighted by Gasteiger charge is -2.12. The summed E-state index contributed by atoms with van der Waals surface area (Å²) in [6.07, 6.45) is 6.54. The third-order valence-electron chi connectivity index (χ3n) is 3.88. The molecule has 11 nitrogen and oxygen atoms in total. The first-order valence-corrected chi connectivity index (χ1v) is 11.0. The molecule has 0 atom stereocenters. The number of ether oxygens (including phenoxy) is 1. The van der Waals surface area contributed by atoms with E-state index in [-0.39, 0.29) is 19.4 Å². The van der Waals surface area contributed by atoms with Crippen molar-refractivity contribution in [1.82, 2.24) is 13.0 Å². The highest BCUT2D eigenvalue weighted by Gasteiger charge is 2.33. The molecular formula is C17H18N6O5S2. The number of amides is 2. The number of benzene rings is 1. The van der Waals surface area contributed by atoms with Crippen molar-refractivity contribution < 1.29 is 24.0 Å². The van der Waals surface area contributed by atoms with Crippen LogP contribution in [0.15, 0.2) is 52.1 Å². The largest absolute Gasteiger partial charge is 0.534 e. The van der Waals surface area contributed by atoms with E-state index in [1.54, 1.807) is 24.3 Å². The monoisotopic (exact) mass is 450 g/mol. The molecule has 1 aliphatic rings. The van der Waals surface area contributed by atoms with Crippen LogP contribution >= 0.6 is 23.9 Å². The maximum Gasteiger partial charge on any atom is 0.534 e. The first-order valence-electron chi connectivity index (χ1n) is 8.65. The highest BCUT2D eigenvalue weighted by molar-refractivity contribution is 7.97. The number of hydroxylamine groups is 2. The molecule has 3 rings (SSSR count). The molecule has 0 aliphatic carbocycles. The summed E-state index contributed by atoms with van der Waals surface area (Å²) >= 11 is 2.99. The number of nitrogens with zero attached hydrogens (tertiary/aromatic N) is 6. The van der Waals surface area contributed by atoms with E-state index in [2.05, 4.69) is 20.3 Å². The Morgan fingerprint density at radius 3 is 2.20 bits per heavy atom. The fourth-order valence-corrected chi connectivity index (χ4v) is 3.38. The summed E-state index contributed by atoms with van der Waals surface area (Å²) < 4.78 is 8.64. The number of carbonyl (C=O) groups is 3. The Bertz CT molecular complexity index is 990. The minimum absolute atomic E-state index is 0.0226. The van der Waals surface area contributed by atoms with Gasteiger partial charge in [-0.05, 0) is 46.8 Å². The Morgan fingerprint density at radius 2 is 1.63 bits per heavy atom. The Labute approximate surface area is 180 Å². The zero-order valence-electron chi connectivity index (χ0n) is 16.1. The highest BCUT2D eigenvalue weighted by atomic mass is 32.2. The van der Waals surface area contributed by atoms with Crippen molar-refractivity contribution in [3.63, 3.8) is 0 Å². The zero-order chi connectivity index (χ0) is 21.5. The molecule has 30 heavy (non-hydrogen) atoms. The molecule has 1 fully saturated rings. The number of carbonyl (C=O) groups excluding carboxylic acids is 3. The van der Waals surface area contributed by atoms with E-state index in [1.807, 2.05) is 32.9 Å². The molecule has 1 aliphatic heterocycles. The molecule has 2 heterocycles. The van der Waals surface area contributed by atoms with Gasteiger partial charge in [-0.3, -0.25) is 22.4 Å². The van der Waals surface area contributed by atoms with E-state index < -0.39 is 18.0 Å². The minimum Gasteiger partial charge on any atom is -0.428 e. The summed E-state index contributed by atoms with van der Waals surface area (Å²) in [6, 6.07) is 6.76. The van der Waals surface area contributed by atoms with Gasteiger partial charge in [0.2, 0.25) is 0 Å². The van der Waals surface area contributed by atoms with Crippen LogP contribution in [0.25, 0.3) is 0 Å². The number of imidazole rings is 1. The highest BCUT2D eigenvalue weighted by Crippen LogP contribution is 2.16. The predicted molar refractivity (Wildman–Crippen MR) is 109 cm³/mol. The lowest BCUT2D eigenvalue weighted by Crippen LogP contribution is -2.32. The van der Waals surface area contributed by atoms with Gasteiger partial charge in [-0.2, -0.15) is 0 Å². The molecule has 158 valence electrons. The third kappa shape index (κ3) is 5.30. The van der Waals surface area contributed by atoms with Crippen molar-refractivity contribution in [3.05, 3.63) is 47.8 Å². The number of aromatic nitrogens is 2. The quantitative estimate of drug-likeness (QED) is 0.275. The van der Waals surface area contributed by atoms with Crippen LogP contribution in [-0.4, -0.2) is 43.5 Å². The fraction of sp³-hybridized carbons (Fsp3) is 0.294. The molecule has 0 saturated carbocycles. The molecule has 1 saturated heterocycles. The SMILES string of the molecule is CSn1ccn(SC)c1=N/N=N/c1ccc(COC(=O)ON2C(=O)CCC2=O)cc1.